The summed E-state index contributed by atoms with van der Waals surface area (Å²) in [5, 5.41) is 6.44. The van der Waals surface area contributed by atoms with E-state index in [9.17, 15) is 22.4 Å². The molecule has 2 aromatic carbocycles. The summed E-state index contributed by atoms with van der Waals surface area (Å²) in [6.45, 7) is -0.554. The molecule has 0 atom stereocenters. The molecule has 0 saturated heterocycles. The third-order valence-corrected chi connectivity index (χ3v) is 3.74. The van der Waals surface area contributed by atoms with Gasteiger partial charge in [-0.25, -0.2) is 17.6 Å². The Labute approximate surface area is 151 Å². The molecule has 3 aromatic rings. The lowest BCUT2D eigenvalue weighted by Gasteiger charge is -2.07. The molecule has 0 aliphatic heterocycles. The standard InChI is InChI=1S/C18H13F4N3O2/c1-27-11-4-2-3-10(7-11)18(26)23-15-5-6-25(24-15)9-12-16(21)13(19)8-14(20)17(12)22/h2-8H,9H2,1H3,(H,23,24,26). The number of anilines is 1. The summed E-state index contributed by atoms with van der Waals surface area (Å²) in [5.41, 5.74) is -0.491. The van der Waals surface area contributed by atoms with E-state index in [0.29, 0.717) is 11.3 Å². The molecule has 140 valence electrons. The molecule has 1 aromatic heterocycles. The molecule has 9 heteroatoms. The van der Waals surface area contributed by atoms with Gasteiger partial charge < -0.3 is 10.1 Å². The number of aromatic nitrogens is 2. The average Bonchev–Trinajstić information content (AvgIpc) is 3.10. The Morgan fingerprint density at radius 2 is 1.81 bits per heavy atom. The van der Waals surface area contributed by atoms with Crippen molar-refractivity contribution in [3.8, 4) is 5.75 Å². The first-order chi connectivity index (χ1) is 12.9. The molecular weight excluding hydrogens is 366 g/mol. The predicted molar refractivity (Wildman–Crippen MR) is 88.6 cm³/mol. The number of methoxy groups -OCH3 is 1. The van der Waals surface area contributed by atoms with Crippen molar-refractivity contribution in [2.45, 2.75) is 6.54 Å². The smallest absolute Gasteiger partial charge is 0.256 e. The molecule has 3 rings (SSSR count). The number of nitrogens with one attached hydrogen (secondary N) is 1. The van der Waals surface area contributed by atoms with Gasteiger partial charge in [0.2, 0.25) is 0 Å². The Balaban J connectivity index is 1.77. The molecule has 0 bridgehead atoms. The normalized spacial score (nSPS) is 10.7. The van der Waals surface area contributed by atoms with E-state index in [0.717, 1.165) is 4.68 Å². The van der Waals surface area contributed by atoms with Crippen LogP contribution in [-0.4, -0.2) is 22.8 Å². The van der Waals surface area contributed by atoms with Crippen LogP contribution in [0.25, 0.3) is 0 Å². The maximum absolute atomic E-state index is 13.7. The summed E-state index contributed by atoms with van der Waals surface area (Å²) >= 11 is 0. The minimum absolute atomic E-state index is 0.0977. The fourth-order valence-electron chi connectivity index (χ4n) is 2.39. The highest BCUT2D eigenvalue weighted by Gasteiger charge is 2.19. The number of rotatable bonds is 5. The molecule has 1 amide bonds. The summed E-state index contributed by atoms with van der Waals surface area (Å²) < 4.78 is 60.1. The van der Waals surface area contributed by atoms with Gasteiger partial charge in [-0.05, 0) is 18.2 Å². The van der Waals surface area contributed by atoms with Crippen LogP contribution in [0.2, 0.25) is 0 Å². The van der Waals surface area contributed by atoms with E-state index in [4.69, 9.17) is 4.74 Å². The third kappa shape index (κ3) is 3.91. The quantitative estimate of drug-likeness (QED) is 0.543. The van der Waals surface area contributed by atoms with Gasteiger partial charge in [0.15, 0.2) is 29.1 Å². The van der Waals surface area contributed by atoms with Crippen molar-refractivity contribution in [2.24, 2.45) is 0 Å². The maximum atomic E-state index is 13.7. The van der Waals surface area contributed by atoms with Crippen molar-refractivity contribution < 1.29 is 27.1 Å². The van der Waals surface area contributed by atoms with Gasteiger partial charge in [-0.3, -0.25) is 9.48 Å². The number of carbonyl (C=O) groups is 1. The number of nitrogens with zero attached hydrogens (tertiary/aromatic N) is 2. The highest BCUT2D eigenvalue weighted by molar-refractivity contribution is 6.03. The summed E-state index contributed by atoms with van der Waals surface area (Å²) in [6.07, 6.45) is 1.31. The number of benzene rings is 2. The summed E-state index contributed by atoms with van der Waals surface area (Å²) in [5.74, 6) is -5.87. The molecule has 0 saturated carbocycles. The van der Waals surface area contributed by atoms with E-state index < -0.39 is 41.3 Å². The zero-order valence-corrected chi connectivity index (χ0v) is 14.0. The first kappa shape index (κ1) is 18.4. The van der Waals surface area contributed by atoms with E-state index in [1.165, 1.54) is 25.4 Å². The molecular formula is C18H13F4N3O2. The van der Waals surface area contributed by atoms with Crippen molar-refractivity contribution in [2.75, 3.05) is 12.4 Å². The molecule has 0 aliphatic carbocycles. The Bertz CT molecular complexity index is 978. The number of halogens is 4. The third-order valence-electron chi connectivity index (χ3n) is 3.74. The molecule has 1 heterocycles. The Morgan fingerprint density at radius 1 is 1.11 bits per heavy atom. The fraction of sp³-hybridized carbons (Fsp3) is 0.111. The van der Waals surface area contributed by atoms with Gasteiger partial charge in [0.05, 0.1) is 19.2 Å². The molecule has 27 heavy (non-hydrogen) atoms. The Kier molecular flexibility index (Phi) is 5.11. The monoisotopic (exact) mass is 379 g/mol. The van der Waals surface area contributed by atoms with Gasteiger partial charge in [-0.15, -0.1) is 0 Å². The van der Waals surface area contributed by atoms with Crippen LogP contribution >= 0.6 is 0 Å². The van der Waals surface area contributed by atoms with Crippen LogP contribution in [0.1, 0.15) is 15.9 Å². The van der Waals surface area contributed by atoms with Crippen LogP contribution in [0, 0.1) is 23.3 Å². The van der Waals surface area contributed by atoms with Crippen LogP contribution < -0.4 is 10.1 Å². The van der Waals surface area contributed by atoms with E-state index in [2.05, 4.69) is 10.4 Å². The Hall–Kier alpha value is -3.36. The van der Waals surface area contributed by atoms with Gasteiger partial charge in [-0.1, -0.05) is 6.07 Å². The molecule has 0 radical (unpaired) electrons. The van der Waals surface area contributed by atoms with Gasteiger partial charge in [0, 0.05) is 23.9 Å². The SMILES string of the molecule is COc1cccc(C(=O)Nc2ccn(Cc3c(F)c(F)cc(F)c3F)n2)c1. The number of hydrogen-bond donors (Lipinski definition) is 1. The van der Waals surface area contributed by atoms with Gasteiger partial charge >= 0.3 is 0 Å². The molecule has 1 N–H and O–H groups in total. The average molecular weight is 379 g/mol. The molecule has 0 spiro atoms. The maximum Gasteiger partial charge on any atom is 0.256 e. The first-order valence-electron chi connectivity index (χ1n) is 7.69. The van der Waals surface area contributed by atoms with Crippen molar-refractivity contribution >= 4 is 11.7 Å². The molecule has 5 nitrogen and oxygen atoms in total. The lowest BCUT2D eigenvalue weighted by Crippen LogP contribution is -2.13. The largest absolute Gasteiger partial charge is 0.497 e. The van der Waals surface area contributed by atoms with E-state index >= 15 is 0 Å². The highest BCUT2D eigenvalue weighted by atomic mass is 19.2. The first-order valence-corrected chi connectivity index (χ1v) is 7.69. The zero-order valence-electron chi connectivity index (χ0n) is 14.0. The summed E-state index contributed by atoms with van der Waals surface area (Å²) in [6, 6.07) is 7.91. The van der Waals surface area contributed by atoms with Crippen molar-refractivity contribution in [3.05, 3.63) is 77.0 Å². The van der Waals surface area contributed by atoms with E-state index in [-0.39, 0.29) is 11.9 Å². The predicted octanol–water partition coefficient (Wildman–Crippen LogP) is 3.75. The molecule has 0 unspecified atom stereocenters. The number of amides is 1. The van der Waals surface area contributed by atoms with Gasteiger partial charge in [0.1, 0.15) is 5.75 Å². The highest BCUT2D eigenvalue weighted by Crippen LogP contribution is 2.21. The zero-order chi connectivity index (χ0) is 19.6. The van der Waals surface area contributed by atoms with Crippen LogP contribution in [0.15, 0.2) is 42.6 Å². The topological polar surface area (TPSA) is 56.1 Å². The van der Waals surface area contributed by atoms with E-state index in [1.54, 1.807) is 18.2 Å². The van der Waals surface area contributed by atoms with Crippen LogP contribution in [0.5, 0.6) is 5.75 Å². The van der Waals surface area contributed by atoms with Gasteiger partial charge in [0.25, 0.3) is 5.91 Å². The lowest BCUT2D eigenvalue weighted by atomic mass is 10.2. The van der Waals surface area contributed by atoms with Crippen LogP contribution in [-0.2, 0) is 6.54 Å². The van der Waals surface area contributed by atoms with E-state index in [1.807, 2.05) is 0 Å². The minimum Gasteiger partial charge on any atom is -0.497 e. The summed E-state index contributed by atoms with van der Waals surface area (Å²) in [7, 11) is 1.46. The summed E-state index contributed by atoms with van der Waals surface area (Å²) in [4.78, 5) is 12.2. The second-order valence-electron chi connectivity index (χ2n) is 5.53. The Morgan fingerprint density at radius 3 is 2.48 bits per heavy atom. The molecule has 0 aliphatic rings. The van der Waals surface area contributed by atoms with Gasteiger partial charge in [-0.2, -0.15) is 5.10 Å². The second kappa shape index (κ2) is 7.48. The van der Waals surface area contributed by atoms with Crippen molar-refractivity contribution in [1.29, 1.82) is 0 Å². The van der Waals surface area contributed by atoms with Crippen LogP contribution in [0.3, 0.4) is 0 Å². The molecule has 0 fully saturated rings. The van der Waals surface area contributed by atoms with Crippen LogP contribution in [0.4, 0.5) is 23.4 Å². The van der Waals surface area contributed by atoms with Crippen molar-refractivity contribution in [1.82, 2.24) is 9.78 Å². The number of carbonyl (C=O) groups excluding carboxylic acids is 1. The number of ether oxygens (including phenoxy) is 1. The lowest BCUT2D eigenvalue weighted by molar-refractivity contribution is 0.102. The van der Waals surface area contributed by atoms with Crippen molar-refractivity contribution in [3.63, 3.8) is 0 Å². The fourth-order valence-corrected chi connectivity index (χ4v) is 2.39. The second-order valence-corrected chi connectivity index (χ2v) is 5.53. The minimum atomic E-state index is -1.50. The number of hydrogen-bond acceptors (Lipinski definition) is 3.